The van der Waals surface area contributed by atoms with E-state index in [2.05, 4.69) is 37.2 Å². The summed E-state index contributed by atoms with van der Waals surface area (Å²) >= 11 is 8.35. The quantitative estimate of drug-likeness (QED) is 0.227. The molecule has 0 aliphatic carbocycles. The van der Waals surface area contributed by atoms with Gasteiger partial charge in [-0.05, 0) is 55.0 Å². The largest absolute Gasteiger partial charge is 0.457 e. The van der Waals surface area contributed by atoms with Gasteiger partial charge in [-0.25, -0.2) is 4.99 Å². The predicted octanol–water partition coefficient (Wildman–Crippen LogP) is 6.66. The zero-order valence-electron chi connectivity index (χ0n) is 21.1. The van der Waals surface area contributed by atoms with Gasteiger partial charge in [-0.15, -0.1) is 0 Å². The van der Waals surface area contributed by atoms with E-state index in [4.69, 9.17) is 9.41 Å². The summed E-state index contributed by atoms with van der Waals surface area (Å²) in [5.41, 5.74) is 3.13. The number of aromatic nitrogens is 1. The number of rotatable bonds is 5. The van der Waals surface area contributed by atoms with Crippen LogP contribution in [0.25, 0.3) is 17.4 Å². The van der Waals surface area contributed by atoms with Gasteiger partial charge < -0.3 is 9.73 Å². The molecule has 0 bridgehead atoms. The number of furan rings is 1. The Kier molecular flexibility index (Phi) is 7.27. The zero-order chi connectivity index (χ0) is 27.8. The highest BCUT2D eigenvalue weighted by Crippen LogP contribution is 2.33. The van der Waals surface area contributed by atoms with E-state index in [1.165, 1.54) is 11.3 Å². The van der Waals surface area contributed by atoms with Gasteiger partial charge in [-0.3, -0.25) is 14.2 Å². The van der Waals surface area contributed by atoms with Crippen LogP contribution >= 0.6 is 43.2 Å². The van der Waals surface area contributed by atoms with Gasteiger partial charge in [-0.2, -0.15) is 0 Å². The van der Waals surface area contributed by atoms with Crippen LogP contribution in [-0.2, 0) is 4.79 Å². The van der Waals surface area contributed by atoms with Crippen molar-refractivity contribution in [2.45, 2.75) is 13.0 Å². The molecule has 198 valence electrons. The molecule has 1 aliphatic heterocycles. The van der Waals surface area contributed by atoms with Gasteiger partial charge in [0.2, 0.25) is 0 Å². The molecule has 5 aromatic rings. The fourth-order valence-corrected chi connectivity index (χ4v) is 6.50. The number of benzene rings is 3. The van der Waals surface area contributed by atoms with E-state index in [0.717, 1.165) is 20.1 Å². The van der Waals surface area contributed by atoms with E-state index < -0.39 is 6.04 Å². The second-order valence-corrected chi connectivity index (χ2v) is 11.9. The summed E-state index contributed by atoms with van der Waals surface area (Å²) in [6.45, 7) is 1.81. The number of carbonyl (C=O) groups is 1. The van der Waals surface area contributed by atoms with Crippen LogP contribution in [0.4, 0.5) is 5.69 Å². The van der Waals surface area contributed by atoms with Gasteiger partial charge in [0.05, 0.1) is 21.8 Å². The number of amides is 1. The number of carbonyl (C=O) groups excluding carboxylic acids is 1. The van der Waals surface area contributed by atoms with Gasteiger partial charge in [0.15, 0.2) is 4.80 Å². The lowest BCUT2D eigenvalue weighted by molar-refractivity contribution is -0.113. The number of hydrogen-bond acceptors (Lipinski definition) is 5. The monoisotopic (exact) mass is 673 g/mol. The van der Waals surface area contributed by atoms with Crippen LogP contribution < -0.4 is 20.2 Å². The maximum atomic E-state index is 13.9. The summed E-state index contributed by atoms with van der Waals surface area (Å²) in [6, 6.07) is 27.7. The number of nitrogens with zero attached hydrogens (tertiary/aromatic N) is 2. The van der Waals surface area contributed by atoms with Crippen molar-refractivity contribution in [3.8, 4) is 11.3 Å². The van der Waals surface area contributed by atoms with Crippen molar-refractivity contribution in [1.82, 2.24) is 4.57 Å². The van der Waals surface area contributed by atoms with E-state index >= 15 is 0 Å². The summed E-state index contributed by atoms with van der Waals surface area (Å²) in [6.07, 6.45) is 1.73. The van der Waals surface area contributed by atoms with Gasteiger partial charge in [0.25, 0.3) is 11.5 Å². The molecule has 1 atom stereocenters. The molecule has 6 nitrogen and oxygen atoms in total. The molecule has 1 amide bonds. The van der Waals surface area contributed by atoms with Crippen LogP contribution in [0.2, 0.25) is 0 Å². The normalized spacial score (nSPS) is 15.1. The smallest absolute Gasteiger partial charge is 0.271 e. The average molecular weight is 675 g/mol. The Labute approximate surface area is 250 Å². The first-order chi connectivity index (χ1) is 19.4. The van der Waals surface area contributed by atoms with Crippen LogP contribution in [0.3, 0.4) is 0 Å². The number of nitrogens with one attached hydrogen (secondary N) is 1. The molecular weight excluding hydrogens is 654 g/mol. The minimum absolute atomic E-state index is 0.239. The van der Waals surface area contributed by atoms with Crippen LogP contribution in [0.1, 0.15) is 24.3 Å². The van der Waals surface area contributed by atoms with Crippen LogP contribution in [0, 0.1) is 0 Å². The van der Waals surface area contributed by atoms with E-state index in [9.17, 15) is 9.59 Å². The number of fused-ring (bicyclic) bond motifs is 1. The predicted molar refractivity (Wildman–Crippen MR) is 165 cm³/mol. The maximum Gasteiger partial charge on any atom is 0.271 e. The molecule has 40 heavy (non-hydrogen) atoms. The van der Waals surface area contributed by atoms with Gasteiger partial charge in [0.1, 0.15) is 11.5 Å². The Morgan fingerprint density at radius 3 is 2.48 bits per heavy atom. The molecule has 6 rings (SSSR count). The second-order valence-electron chi connectivity index (χ2n) is 9.14. The SMILES string of the molecule is CC1=C(C(=O)Nc2ccccc2)[C@H](c2ccccc2)n2c(s/c(=C/c3ccc(-c4cc(Br)ccc4Br)o3)c2=O)=N1. The number of hydrogen-bond donors (Lipinski definition) is 1. The molecule has 0 saturated carbocycles. The molecule has 2 aromatic heterocycles. The molecule has 3 heterocycles. The summed E-state index contributed by atoms with van der Waals surface area (Å²) < 4.78 is 10.0. The minimum Gasteiger partial charge on any atom is -0.457 e. The number of anilines is 1. The maximum absolute atomic E-state index is 13.9. The average Bonchev–Trinajstić information content (AvgIpc) is 3.54. The van der Waals surface area contributed by atoms with Gasteiger partial charge in [-0.1, -0.05) is 91.7 Å². The molecule has 1 N–H and O–H groups in total. The molecule has 3 aromatic carbocycles. The highest BCUT2D eigenvalue weighted by Gasteiger charge is 2.32. The molecular formula is C31H21Br2N3O3S. The van der Waals surface area contributed by atoms with Gasteiger partial charge in [0, 0.05) is 26.3 Å². The Morgan fingerprint density at radius 2 is 1.73 bits per heavy atom. The zero-order valence-corrected chi connectivity index (χ0v) is 25.1. The first kappa shape index (κ1) is 26.4. The topological polar surface area (TPSA) is 76.6 Å². The first-order valence-electron chi connectivity index (χ1n) is 12.4. The molecule has 0 spiro atoms. The Balaban J connectivity index is 1.45. The third-order valence-corrected chi connectivity index (χ3v) is 8.67. The lowest BCUT2D eigenvalue weighted by Crippen LogP contribution is -2.40. The fourth-order valence-electron chi connectivity index (χ4n) is 4.67. The highest BCUT2D eigenvalue weighted by molar-refractivity contribution is 9.11. The Morgan fingerprint density at radius 1 is 1.00 bits per heavy atom. The minimum atomic E-state index is -0.631. The Hall–Kier alpha value is -3.79. The van der Waals surface area contributed by atoms with Crippen LogP contribution in [-0.4, -0.2) is 10.5 Å². The molecule has 1 aliphatic rings. The van der Waals surface area contributed by atoms with Crippen molar-refractivity contribution in [2.75, 3.05) is 5.32 Å². The number of halogens is 2. The third kappa shape index (κ3) is 5.08. The fraction of sp³-hybridized carbons (Fsp3) is 0.0645. The van der Waals surface area contributed by atoms with Gasteiger partial charge >= 0.3 is 0 Å². The van der Waals surface area contributed by atoms with E-state index in [-0.39, 0.29) is 11.5 Å². The summed E-state index contributed by atoms with van der Waals surface area (Å²) in [5, 5.41) is 2.97. The van der Waals surface area contributed by atoms with Crippen molar-refractivity contribution in [3.05, 3.63) is 142 Å². The van der Waals surface area contributed by atoms with Crippen molar-refractivity contribution in [3.63, 3.8) is 0 Å². The number of thiazole rings is 1. The summed E-state index contributed by atoms with van der Waals surface area (Å²) in [4.78, 5) is 32.7. The number of allylic oxidation sites excluding steroid dienone is 1. The molecule has 0 fully saturated rings. The van der Waals surface area contributed by atoms with Crippen molar-refractivity contribution in [2.24, 2.45) is 4.99 Å². The van der Waals surface area contributed by atoms with Crippen molar-refractivity contribution < 1.29 is 9.21 Å². The van der Waals surface area contributed by atoms with Crippen molar-refractivity contribution >= 4 is 60.9 Å². The van der Waals surface area contributed by atoms with Crippen LogP contribution in [0.15, 0.2) is 125 Å². The van der Waals surface area contributed by atoms with Crippen LogP contribution in [0.5, 0.6) is 0 Å². The third-order valence-electron chi connectivity index (χ3n) is 6.51. The standard InChI is InChI=1S/C31H21Br2N3O3S/c1-18-27(29(37)35-21-10-6-3-7-11-21)28(19-8-4-2-5-9-19)36-30(38)26(40-31(36)34-18)17-22-13-15-25(39-22)23-16-20(32)12-14-24(23)33/h2-17,28H,1H3,(H,35,37)/b26-17+/t28-/m0/s1. The Bertz CT molecular complexity index is 1960. The lowest BCUT2D eigenvalue weighted by Gasteiger charge is -2.25. The highest BCUT2D eigenvalue weighted by atomic mass is 79.9. The van der Waals surface area contributed by atoms with E-state index in [1.807, 2.05) is 97.9 Å². The van der Waals surface area contributed by atoms with E-state index in [0.29, 0.717) is 37.8 Å². The second kappa shape index (κ2) is 11.0. The summed E-state index contributed by atoms with van der Waals surface area (Å²) in [5.74, 6) is 0.914. The first-order valence-corrected chi connectivity index (χ1v) is 14.8. The summed E-state index contributed by atoms with van der Waals surface area (Å²) in [7, 11) is 0. The van der Waals surface area contributed by atoms with Crippen molar-refractivity contribution in [1.29, 1.82) is 0 Å². The van der Waals surface area contributed by atoms with E-state index in [1.54, 1.807) is 10.6 Å². The lowest BCUT2D eigenvalue weighted by atomic mass is 9.95. The molecule has 0 saturated heterocycles. The molecule has 9 heteroatoms. The molecule has 0 radical (unpaired) electrons. The number of para-hydroxylation sites is 1. The molecule has 0 unspecified atom stereocenters.